The maximum absolute atomic E-state index is 12.1. The smallest absolute Gasteiger partial charge is 0.224 e. The van der Waals surface area contributed by atoms with E-state index in [2.05, 4.69) is 20.6 Å². The summed E-state index contributed by atoms with van der Waals surface area (Å²) < 4.78 is 1.84. The molecule has 0 bridgehead atoms. The van der Waals surface area contributed by atoms with Crippen LogP contribution in [-0.4, -0.2) is 33.5 Å². The number of pyridine rings is 1. The molecule has 23 heavy (non-hydrogen) atoms. The van der Waals surface area contributed by atoms with Crippen LogP contribution in [0.1, 0.15) is 18.4 Å². The van der Waals surface area contributed by atoms with E-state index in [1.165, 1.54) is 0 Å². The van der Waals surface area contributed by atoms with Crippen molar-refractivity contribution in [1.82, 2.24) is 25.2 Å². The Kier molecular flexibility index (Phi) is 8.02. The van der Waals surface area contributed by atoms with E-state index >= 15 is 0 Å². The number of hydrogen-bond acceptors (Lipinski definition) is 4. The third-order valence-corrected chi connectivity index (χ3v) is 3.71. The summed E-state index contributed by atoms with van der Waals surface area (Å²) >= 11 is 0. The fraction of sp³-hybridized carbons (Fsp3) is 0.400. The van der Waals surface area contributed by atoms with Gasteiger partial charge >= 0.3 is 0 Å². The van der Waals surface area contributed by atoms with Gasteiger partial charge in [-0.3, -0.25) is 9.36 Å². The largest absolute Gasteiger partial charge is 0.352 e. The highest BCUT2D eigenvalue weighted by atomic mass is 35.5. The number of halogens is 2. The second kappa shape index (κ2) is 9.50. The van der Waals surface area contributed by atoms with Crippen molar-refractivity contribution in [2.75, 3.05) is 13.1 Å². The van der Waals surface area contributed by atoms with Gasteiger partial charge in [-0.05, 0) is 37.1 Å². The van der Waals surface area contributed by atoms with Gasteiger partial charge in [-0.25, -0.2) is 9.97 Å². The number of piperidine rings is 1. The minimum absolute atomic E-state index is 0. The Morgan fingerprint density at radius 2 is 2.26 bits per heavy atom. The average Bonchev–Trinajstić information content (AvgIpc) is 3.08. The number of carbonyl (C=O) groups excluding carboxylic acids is 1. The highest BCUT2D eigenvalue weighted by Crippen LogP contribution is 2.11. The minimum Gasteiger partial charge on any atom is -0.352 e. The average molecular weight is 358 g/mol. The number of carbonyl (C=O) groups is 1. The molecule has 0 spiro atoms. The lowest BCUT2D eigenvalue weighted by atomic mass is 9.99. The van der Waals surface area contributed by atoms with E-state index in [-0.39, 0.29) is 36.6 Å². The molecule has 8 heteroatoms. The Bertz CT molecular complexity index is 600. The fourth-order valence-corrected chi connectivity index (χ4v) is 2.52. The Morgan fingerprint density at radius 1 is 1.39 bits per heavy atom. The van der Waals surface area contributed by atoms with Gasteiger partial charge in [-0.2, -0.15) is 0 Å². The quantitative estimate of drug-likeness (QED) is 0.873. The first kappa shape index (κ1) is 19.4. The number of nitrogens with one attached hydrogen (secondary N) is 2. The van der Waals surface area contributed by atoms with Crippen LogP contribution in [0.3, 0.4) is 0 Å². The number of hydrogen-bond donors (Lipinski definition) is 2. The molecule has 2 N–H and O–H groups in total. The van der Waals surface area contributed by atoms with E-state index in [0.29, 0.717) is 6.54 Å². The topological polar surface area (TPSA) is 71.8 Å². The van der Waals surface area contributed by atoms with Gasteiger partial charge in [0.1, 0.15) is 12.1 Å². The highest BCUT2D eigenvalue weighted by molar-refractivity contribution is 5.85. The van der Waals surface area contributed by atoms with Crippen LogP contribution in [0, 0.1) is 5.92 Å². The van der Waals surface area contributed by atoms with Crippen LogP contribution in [0.5, 0.6) is 0 Å². The maximum Gasteiger partial charge on any atom is 0.224 e. The lowest BCUT2D eigenvalue weighted by Crippen LogP contribution is -2.40. The molecular formula is C15H21Cl2N5O. The van der Waals surface area contributed by atoms with Crippen molar-refractivity contribution < 1.29 is 4.79 Å². The van der Waals surface area contributed by atoms with Crippen LogP contribution < -0.4 is 10.6 Å². The van der Waals surface area contributed by atoms with E-state index in [9.17, 15) is 4.79 Å². The molecule has 2 aromatic heterocycles. The normalized spacial score (nSPS) is 16.8. The molecular weight excluding hydrogens is 337 g/mol. The van der Waals surface area contributed by atoms with Gasteiger partial charge in [0.15, 0.2) is 0 Å². The first-order valence-corrected chi connectivity index (χ1v) is 7.24. The highest BCUT2D eigenvalue weighted by Gasteiger charge is 2.20. The molecule has 1 unspecified atom stereocenters. The summed E-state index contributed by atoms with van der Waals surface area (Å²) in [6.45, 7) is 2.32. The third-order valence-electron chi connectivity index (χ3n) is 3.71. The number of rotatable bonds is 4. The SMILES string of the molecule is Cl.Cl.O=C(NCc1ccnc(-n2ccnc2)c1)C1CCCNC1. The number of aromatic nitrogens is 3. The predicted molar refractivity (Wildman–Crippen MR) is 93.3 cm³/mol. The Balaban J connectivity index is 0.00000132. The zero-order valence-electron chi connectivity index (χ0n) is 12.6. The third kappa shape index (κ3) is 5.20. The minimum atomic E-state index is 0. The van der Waals surface area contributed by atoms with Crippen LogP contribution in [0.4, 0.5) is 0 Å². The van der Waals surface area contributed by atoms with Gasteiger partial charge in [0.05, 0.1) is 5.92 Å². The van der Waals surface area contributed by atoms with Crippen molar-refractivity contribution in [3.8, 4) is 5.82 Å². The number of amides is 1. The van der Waals surface area contributed by atoms with Gasteiger partial charge in [0, 0.05) is 31.7 Å². The summed E-state index contributed by atoms with van der Waals surface area (Å²) in [7, 11) is 0. The van der Waals surface area contributed by atoms with Gasteiger partial charge in [-0.1, -0.05) is 0 Å². The van der Waals surface area contributed by atoms with E-state index in [0.717, 1.165) is 37.3 Å². The molecule has 126 valence electrons. The molecule has 1 aliphatic heterocycles. The second-order valence-corrected chi connectivity index (χ2v) is 5.25. The van der Waals surface area contributed by atoms with Gasteiger partial charge in [0.2, 0.25) is 5.91 Å². The van der Waals surface area contributed by atoms with Crippen LogP contribution in [0.2, 0.25) is 0 Å². The van der Waals surface area contributed by atoms with E-state index in [1.807, 2.05) is 22.9 Å². The first-order valence-electron chi connectivity index (χ1n) is 7.24. The van der Waals surface area contributed by atoms with Crippen LogP contribution in [0.25, 0.3) is 5.82 Å². The molecule has 0 aliphatic carbocycles. The van der Waals surface area contributed by atoms with Crippen molar-refractivity contribution in [2.24, 2.45) is 5.92 Å². The molecule has 3 rings (SSSR count). The van der Waals surface area contributed by atoms with Crippen molar-refractivity contribution >= 4 is 30.7 Å². The van der Waals surface area contributed by atoms with E-state index in [4.69, 9.17) is 0 Å². The Hall–Kier alpha value is -1.63. The van der Waals surface area contributed by atoms with Gasteiger partial charge in [-0.15, -0.1) is 24.8 Å². The molecule has 1 atom stereocenters. The lowest BCUT2D eigenvalue weighted by Gasteiger charge is -2.21. The van der Waals surface area contributed by atoms with Crippen LogP contribution in [0.15, 0.2) is 37.1 Å². The Morgan fingerprint density at radius 3 is 2.96 bits per heavy atom. The molecule has 6 nitrogen and oxygen atoms in total. The van der Waals surface area contributed by atoms with Gasteiger partial charge < -0.3 is 10.6 Å². The monoisotopic (exact) mass is 357 g/mol. The maximum atomic E-state index is 12.1. The Labute approximate surface area is 147 Å². The second-order valence-electron chi connectivity index (χ2n) is 5.25. The predicted octanol–water partition coefficient (Wildman–Crippen LogP) is 1.73. The molecule has 1 aliphatic rings. The molecule has 1 amide bonds. The summed E-state index contributed by atoms with van der Waals surface area (Å²) in [5.74, 6) is 1.02. The summed E-state index contributed by atoms with van der Waals surface area (Å²) in [4.78, 5) is 20.4. The van der Waals surface area contributed by atoms with Crippen molar-refractivity contribution in [3.63, 3.8) is 0 Å². The van der Waals surface area contributed by atoms with Crippen LogP contribution >= 0.6 is 24.8 Å². The standard InChI is InChI=1S/C15H19N5O.2ClH/c21-15(13-2-1-4-16-10-13)19-9-12-3-5-18-14(8-12)20-7-6-17-11-20;;/h3,5-8,11,13,16H,1-2,4,9-10H2,(H,19,21);2*1H. The van der Waals surface area contributed by atoms with E-state index < -0.39 is 0 Å². The van der Waals surface area contributed by atoms with Crippen LogP contribution in [-0.2, 0) is 11.3 Å². The molecule has 3 heterocycles. The summed E-state index contributed by atoms with van der Waals surface area (Å²) in [5, 5.41) is 6.27. The molecule has 0 radical (unpaired) electrons. The zero-order chi connectivity index (χ0) is 14.5. The lowest BCUT2D eigenvalue weighted by molar-refractivity contribution is -0.125. The zero-order valence-corrected chi connectivity index (χ0v) is 14.3. The van der Waals surface area contributed by atoms with Crippen molar-refractivity contribution in [1.29, 1.82) is 0 Å². The molecule has 1 fully saturated rings. The van der Waals surface area contributed by atoms with E-state index in [1.54, 1.807) is 18.7 Å². The summed E-state index contributed by atoms with van der Waals surface area (Å²) in [6.07, 6.45) is 9.05. The number of imidazole rings is 1. The van der Waals surface area contributed by atoms with Crippen molar-refractivity contribution in [2.45, 2.75) is 19.4 Å². The summed E-state index contributed by atoms with van der Waals surface area (Å²) in [6, 6.07) is 3.88. The summed E-state index contributed by atoms with van der Waals surface area (Å²) in [5.41, 5.74) is 1.03. The van der Waals surface area contributed by atoms with Crippen molar-refractivity contribution in [3.05, 3.63) is 42.6 Å². The molecule has 1 saturated heterocycles. The molecule has 0 saturated carbocycles. The molecule has 2 aromatic rings. The first-order chi connectivity index (χ1) is 10.3. The van der Waals surface area contributed by atoms with Gasteiger partial charge in [0.25, 0.3) is 0 Å². The molecule has 0 aromatic carbocycles. The fourth-order valence-electron chi connectivity index (χ4n) is 2.52. The number of nitrogens with zero attached hydrogens (tertiary/aromatic N) is 3.